The molecule has 9 heteroatoms. The van der Waals surface area contributed by atoms with Crippen LogP contribution in [0.3, 0.4) is 0 Å². The van der Waals surface area contributed by atoms with Crippen molar-refractivity contribution < 1.29 is 19.5 Å². The minimum absolute atomic E-state index is 0.0176. The smallest absolute Gasteiger partial charge is 0.331 e. The number of amides is 4. The second-order valence-corrected chi connectivity index (χ2v) is 7.63. The van der Waals surface area contributed by atoms with Crippen molar-refractivity contribution in [3.8, 4) is 5.75 Å². The zero-order valence-corrected chi connectivity index (χ0v) is 17.1. The topological polar surface area (TPSA) is 110 Å². The first-order valence-electron chi connectivity index (χ1n) is 9.97. The minimum atomic E-state index is -0.734. The normalized spacial score (nSPS) is 23.0. The monoisotopic (exact) mass is 403 g/mol. The molecule has 3 N–H and O–H groups in total. The van der Waals surface area contributed by atoms with Gasteiger partial charge in [0.25, 0.3) is 0 Å². The van der Waals surface area contributed by atoms with Crippen molar-refractivity contribution in [2.45, 2.75) is 51.4 Å². The molecule has 9 nitrogen and oxygen atoms in total. The number of urea groups is 1. The number of benzene rings is 1. The maximum absolute atomic E-state index is 13.4. The predicted molar refractivity (Wildman–Crippen MR) is 106 cm³/mol. The third-order valence-electron chi connectivity index (χ3n) is 5.86. The number of nitrogens with zero attached hydrogens (tertiary/aromatic N) is 4. The number of carbonyl (C=O) groups excluding carboxylic acids is 3. The van der Waals surface area contributed by atoms with Gasteiger partial charge in [0.15, 0.2) is 0 Å². The third kappa shape index (κ3) is 3.87. The van der Waals surface area contributed by atoms with Gasteiger partial charge in [-0.15, -0.1) is 0 Å². The van der Waals surface area contributed by atoms with E-state index in [9.17, 15) is 19.5 Å². The molecule has 1 aromatic rings. The van der Waals surface area contributed by atoms with E-state index in [-0.39, 0.29) is 36.7 Å². The Morgan fingerprint density at radius 2 is 1.83 bits per heavy atom. The number of aromatic hydroxyl groups is 1. The number of hydrogen-bond acceptors (Lipinski definition) is 5. The Morgan fingerprint density at radius 1 is 1.21 bits per heavy atom. The number of nitrogens with two attached hydrogens (primary N) is 1. The van der Waals surface area contributed by atoms with Gasteiger partial charge in [0.05, 0.1) is 13.1 Å². The van der Waals surface area contributed by atoms with Gasteiger partial charge in [-0.25, -0.2) is 14.8 Å². The van der Waals surface area contributed by atoms with E-state index >= 15 is 0 Å². The number of hydrogen-bond donors (Lipinski definition) is 2. The van der Waals surface area contributed by atoms with Crippen LogP contribution in [-0.4, -0.2) is 81.2 Å². The van der Waals surface area contributed by atoms with Crippen LogP contribution in [0.4, 0.5) is 4.79 Å². The molecule has 29 heavy (non-hydrogen) atoms. The lowest BCUT2D eigenvalue weighted by molar-refractivity contribution is -0.188. The molecule has 0 bridgehead atoms. The van der Waals surface area contributed by atoms with Crippen LogP contribution in [0.5, 0.6) is 5.75 Å². The van der Waals surface area contributed by atoms with Crippen LogP contribution in [0.25, 0.3) is 0 Å². The summed E-state index contributed by atoms with van der Waals surface area (Å²) in [7, 11) is 1.65. The van der Waals surface area contributed by atoms with Crippen LogP contribution in [0.15, 0.2) is 24.3 Å². The molecule has 0 radical (unpaired) electrons. The molecule has 0 aromatic heterocycles. The van der Waals surface area contributed by atoms with E-state index in [1.807, 2.05) is 13.8 Å². The zero-order valence-electron chi connectivity index (χ0n) is 17.1. The lowest BCUT2D eigenvalue weighted by atomic mass is 9.96. The summed E-state index contributed by atoms with van der Waals surface area (Å²) >= 11 is 0. The number of primary amides is 1. The van der Waals surface area contributed by atoms with Crippen LogP contribution in [0, 0.1) is 0 Å². The number of fused-ring (bicyclic) bond motifs is 1. The molecule has 2 fully saturated rings. The summed E-state index contributed by atoms with van der Waals surface area (Å²) in [6.45, 7) is 4.25. The average Bonchev–Trinajstić information content (AvgIpc) is 2.66. The highest BCUT2D eigenvalue weighted by atomic mass is 16.3. The number of carbonyl (C=O) groups is 3. The van der Waals surface area contributed by atoms with Gasteiger partial charge in [-0.05, 0) is 30.5 Å². The van der Waals surface area contributed by atoms with Crippen molar-refractivity contribution in [3.63, 3.8) is 0 Å². The van der Waals surface area contributed by atoms with Gasteiger partial charge in [-0.3, -0.25) is 9.59 Å². The number of piperazine rings is 1. The number of phenols is 1. The summed E-state index contributed by atoms with van der Waals surface area (Å²) in [5, 5.41) is 12.4. The molecule has 1 unspecified atom stereocenters. The van der Waals surface area contributed by atoms with E-state index in [1.165, 1.54) is 14.9 Å². The Labute approximate surface area is 170 Å². The fraction of sp³-hybridized carbons (Fsp3) is 0.550. The predicted octanol–water partition coefficient (Wildman–Crippen LogP) is 0.730. The molecule has 2 aliphatic heterocycles. The van der Waals surface area contributed by atoms with Gasteiger partial charge < -0.3 is 20.6 Å². The molecule has 2 atom stereocenters. The van der Waals surface area contributed by atoms with Gasteiger partial charge in [-0.2, -0.15) is 0 Å². The number of phenolic OH excluding ortho intramolecular Hbond substituents is 1. The van der Waals surface area contributed by atoms with Crippen molar-refractivity contribution in [2.75, 3.05) is 20.1 Å². The molecule has 2 saturated heterocycles. The van der Waals surface area contributed by atoms with Crippen molar-refractivity contribution in [1.29, 1.82) is 0 Å². The molecular formula is C20H29N5O4. The molecule has 3 rings (SSSR count). The number of hydrazine groups is 1. The van der Waals surface area contributed by atoms with E-state index in [0.717, 1.165) is 18.4 Å². The zero-order chi connectivity index (χ0) is 21.3. The standard InChI is InChI=1S/C20H29N5O4/c1-4-14(5-2)23-11-17-24(18(27)12-22(3)25(17)20(21)29)16(19(23)28)10-13-6-8-15(26)9-7-13/h6-9,14,16-17,26H,4-5,10-12H2,1-3H3,(H2,21,29)/t16?,17-/m0/s1. The molecule has 2 heterocycles. The van der Waals surface area contributed by atoms with E-state index < -0.39 is 18.2 Å². The van der Waals surface area contributed by atoms with Crippen LogP contribution in [-0.2, 0) is 16.0 Å². The summed E-state index contributed by atoms with van der Waals surface area (Å²) < 4.78 is 0. The Morgan fingerprint density at radius 3 is 2.38 bits per heavy atom. The van der Waals surface area contributed by atoms with Gasteiger partial charge in [0.1, 0.15) is 18.0 Å². The molecule has 0 saturated carbocycles. The van der Waals surface area contributed by atoms with Crippen molar-refractivity contribution in [2.24, 2.45) is 5.73 Å². The molecule has 0 spiro atoms. The third-order valence-corrected chi connectivity index (χ3v) is 5.86. The van der Waals surface area contributed by atoms with Gasteiger partial charge >= 0.3 is 6.03 Å². The Kier molecular flexibility index (Phi) is 5.97. The lowest BCUT2D eigenvalue weighted by Gasteiger charge is -2.55. The van der Waals surface area contributed by atoms with Crippen molar-refractivity contribution in [3.05, 3.63) is 29.8 Å². The minimum Gasteiger partial charge on any atom is -0.508 e. The first-order valence-corrected chi connectivity index (χ1v) is 9.97. The van der Waals surface area contributed by atoms with Gasteiger partial charge in [0, 0.05) is 19.5 Å². The van der Waals surface area contributed by atoms with E-state index in [2.05, 4.69) is 0 Å². The molecule has 158 valence electrons. The van der Waals surface area contributed by atoms with Crippen LogP contribution in [0.1, 0.15) is 32.3 Å². The quantitative estimate of drug-likeness (QED) is 0.753. The van der Waals surface area contributed by atoms with E-state index in [0.29, 0.717) is 6.42 Å². The molecule has 4 amide bonds. The fourth-order valence-corrected chi connectivity index (χ4v) is 4.40. The van der Waals surface area contributed by atoms with E-state index in [4.69, 9.17) is 5.73 Å². The van der Waals surface area contributed by atoms with Crippen molar-refractivity contribution >= 4 is 17.8 Å². The molecular weight excluding hydrogens is 374 g/mol. The second-order valence-electron chi connectivity index (χ2n) is 7.63. The maximum atomic E-state index is 13.4. The highest BCUT2D eigenvalue weighted by molar-refractivity contribution is 5.91. The Balaban J connectivity index is 2.02. The second kappa shape index (κ2) is 8.28. The number of likely N-dealkylation sites (N-methyl/N-ethyl adjacent to an activating group) is 1. The highest BCUT2D eigenvalue weighted by Gasteiger charge is 2.51. The van der Waals surface area contributed by atoms with Crippen LogP contribution < -0.4 is 5.73 Å². The average molecular weight is 403 g/mol. The Bertz CT molecular complexity index is 780. The lowest BCUT2D eigenvalue weighted by Crippen LogP contribution is -2.76. The SMILES string of the molecule is CCC(CC)N1C[C@H]2N(C(=O)CN(C)N2C(N)=O)C(Cc2ccc(O)cc2)C1=O. The summed E-state index contributed by atoms with van der Waals surface area (Å²) in [5.74, 6) is -0.197. The van der Waals surface area contributed by atoms with Crippen LogP contribution in [0.2, 0.25) is 0 Å². The highest BCUT2D eigenvalue weighted by Crippen LogP contribution is 2.29. The summed E-state index contributed by atoms with van der Waals surface area (Å²) in [6.07, 6.45) is 1.22. The molecule has 0 aliphatic carbocycles. The number of rotatable bonds is 5. The largest absolute Gasteiger partial charge is 0.508 e. The summed E-state index contributed by atoms with van der Waals surface area (Å²) in [6, 6.07) is 5.21. The van der Waals surface area contributed by atoms with E-state index in [1.54, 1.807) is 36.2 Å². The Hall–Kier alpha value is -2.81. The van der Waals surface area contributed by atoms with Gasteiger partial charge in [-0.1, -0.05) is 26.0 Å². The molecule has 2 aliphatic rings. The summed E-state index contributed by atoms with van der Waals surface area (Å²) in [4.78, 5) is 41.8. The molecule has 1 aromatic carbocycles. The van der Waals surface area contributed by atoms with Crippen LogP contribution >= 0.6 is 0 Å². The van der Waals surface area contributed by atoms with Crippen molar-refractivity contribution in [1.82, 2.24) is 19.8 Å². The first-order chi connectivity index (χ1) is 13.8. The maximum Gasteiger partial charge on any atom is 0.331 e. The first kappa shape index (κ1) is 20.9. The summed E-state index contributed by atoms with van der Waals surface area (Å²) in [5.41, 5.74) is 6.44. The van der Waals surface area contributed by atoms with Gasteiger partial charge in [0.2, 0.25) is 11.8 Å². The fourth-order valence-electron chi connectivity index (χ4n) is 4.40.